The van der Waals surface area contributed by atoms with E-state index in [1.54, 1.807) is 78.0 Å². The number of unbranched alkanes of at least 4 members (excludes halogenated alkanes) is 2. The average Bonchev–Trinajstić information content (AvgIpc) is 1.40. The van der Waals surface area contributed by atoms with Crippen molar-refractivity contribution in [3.05, 3.63) is 215 Å². The van der Waals surface area contributed by atoms with Gasteiger partial charge in [-0.3, -0.25) is 52.7 Å². The van der Waals surface area contributed by atoms with Crippen LogP contribution in [0, 0.1) is 17.2 Å². The Bertz CT molecular complexity index is 4920. The van der Waals surface area contributed by atoms with E-state index in [1.165, 1.54) is 53.5 Å². The fraction of sp³-hybridized carbons (Fsp3) is 0.532. The van der Waals surface area contributed by atoms with Crippen molar-refractivity contribution in [1.82, 2.24) is 35.6 Å². The summed E-state index contributed by atoms with van der Waals surface area (Å²) in [6, 6.07) is 45.5. The van der Waals surface area contributed by atoms with Crippen molar-refractivity contribution in [2.75, 3.05) is 74.3 Å². The van der Waals surface area contributed by atoms with Crippen molar-refractivity contribution in [1.29, 1.82) is 5.26 Å². The molecule has 0 spiro atoms. The molecule has 5 N–H and O–H groups in total. The first-order valence-electron chi connectivity index (χ1n) is 49.0. The van der Waals surface area contributed by atoms with Gasteiger partial charge in [-0.25, -0.2) is 0 Å². The molecular weight excluding hydrogens is 1750 g/mol. The number of Topliss-reactive ketones (excluding diaryl/α,β-unsaturated/α-hetero) is 2. The first kappa shape index (κ1) is 113. The molecular formula is C111H153N9O18. The normalized spacial score (nSPS) is 16.7. The summed E-state index contributed by atoms with van der Waals surface area (Å²) >= 11 is 0. The van der Waals surface area contributed by atoms with Crippen molar-refractivity contribution in [3.63, 3.8) is 0 Å². The van der Waals surface area contributed by atoms with E-state index in [1.807, 2.05) is 165 Å². The quantitative estimate of drug-likeness (QED) is 0.0119. The molecule has 3 fully saturated rings. The Morgan fingerprint density at radius 3 is 1.27 bits per heavy atom. The van der Waals surface area contributed by atoms with E-state index in [0.29, 0.717) is 102 Å². The van der Waals surface area contributed by atoms with Crippen LogP contribution in [-0.2, 0) is 115 Å². The number of nitrogens with zero attached hydrogens (tertiary/aromatic N) is 5. The van der Waals surface area contributed by atoms with Crippen molar-refractivity contribution in [3.8, 4) is 28.7 Å². The number of ether oxygens (including phenoxy) is 7. The van der Waals surface area contributed by atoms with Gasteiger partial charge >= 0.3 is 17.9 Å². The number of allylic oxidation sites excluding steroid dienone is 2. The number of likely N-dealkylation sites (tertiary alicyclic amines) is 2. The fourth-order valence-electron chi connectivity index (χ4n) is 18.0. The number of aryl methyl sites for hydroxylation is 2. The van der Waals surface area contributed by atoms with Crippen molar-refractivity contribution < 1.29 is 85.9 Å². The lowest BCUT2D eigenvalue weighted by Gasteiger charge is -2.37. The third kappa shape index (κ3) is 35.9. The molecule has 6 amide bonds. The van der Waals surface area contributed by atoms with Crippen LogP contribution in [0.1, 0.15) is 255 Å². The number of esters is 3. The largest absolute Gasteiger partial charge is 0.497 e. The summed E-state index contributed by atoms with van der Waals surface area (Å²) in [6.45, 7) is 32.7. The van der Waals surface area contributed by atoms with Crippen LogP contribution in [0.15, 0.2) is 171 Å². The fourth-order valence-corrected chi connectivity index (χ4v) is 18.0. The van der Waals surface area contributed by atoms with Gasteiger partial charge in [0.2, 0.25) is 35.4 Å². The van der Waals surface area contributed by atoms with Gasteiger partial charge in [0, 0.05) is 90.6 Å². The molecule has 0 radical (unpaired) electrons. The Morgan fingerprint density at radius 1 is 0.514 bits per heavy atom. The number of methoxy groups -OCH3 is 4. The molecule has 27 nitrogen and oxygen atoms in total. The summed E-state index contributed by atoms with van der Waals surface area (Å²) in [5.74, 6) is -3.26. The van der Waals surface area contributed by atoms with Gasteiger partial charge in [-0.05, 0) is 252 Å². The molecule has 0 saturated carbocycles. The smallest absolute Gasteiger partial charge is 0.306 e. The molecule has 3 heterocycles. The highest BCUT2D eigenvalue weighted by Gasteiger charge is 2.49. The number of benzene rings is 6. The number of nitrogens with one attached hydrogen (secondary N) is 3. The first-order chi connectivity index (χ1) is 65.9. The molecule has 0 unspecified atom stereocenters. The maximum atomic E-state index is 15.0. The minimum Gasteiger partial charge on any atom is -0.497 e. The van der Waals surface area contributed by atoms with Crippen molar-refractivity contribution in [2.45, 2.75) is 302 Å². The number of fused-ring (bicyclic) bond motifs is 3. The third-order valence-corrected chi connectivity index (χ3v) is 25.7. The summed E-state index contributed by atoms with van der Waals surface area (Å²) in [5, 5.41) is 16.6. The van der Waals surface area contributed by atoms with Crippen LogP contribution >= 0.6 is 0 Å². The number of hydrogen-bond donors (Lipinski definition) is 4. The van der Waals surface area contributed by atoms with Gasteiger partial charge in [-0.15, -0.1) is 13.2 Å². The lowest BCUT2D eigenvalue weighted by molar-refractivity contribution is -0.154. The lowest BCUT2D eigenvalue weighted by atomic mass is 9.88. The van der Waals surface area contributed by atoms with Gasteiger partial charge in [-0.2, -0.15) is 5.26 Å². The number of carbonyl (C=O) groups is 11. The molecule has 4 aliphatic rings. The molecule has 3 saturated heterocycles. The molecule has 0 aromatic heterocycles. The molecule has 1 aliphatic carbocycles. The molecule has 8 atom stereocenters. The zero-order valence-corrected chi connectivity index (χ0v) is 84.5. The topological polar surface area (TPSA) is 351 Å². The summed E-state index contributed by atoms with van der Waals surface area (Å²) in [4.78, 5) is 156. The molecule has 138 heavy (non-hydrogen) atoms. The molecule has 6 aromatic carbocycles. The van der Waals surface area contributed by atoms with E-state index in [4.69, 9.17) is 44.2 Å². The number of rotatable bonds is 48. The lowest BCUT2D eigenvalue weighted by Crippen LogP contribution is -2.60. The summed E-state index contributed by atoms with van der Waals surface area (Å²) in [6.07, 6.45) is 15.2. The summed E-state index contributed by atoms with van der Waals surface area (Å²) < 4.78 is 38.4. The predicted molar refractivity (Wildman–Crippen MR) is 536 cm³/mol. The number of ketones is 2. The molecule has 27 heteroatoms. The zero-order chi connectivity index (χ0) is 101. The maximum absolute atomic E-state index is 15.0. The maximum Gasteiger partial charge on any atom is 0.306 e. The zero-order valence-electron chi connectivity index (χ0n) is 84.5. The number of amides is 6. The SMILES string of the molecule is C1CCNCC1.C=CCCCN(Cc1ccc(CCCC(=O)[C@]2(C)CCCN2C(=O)[C@H](Cc2ccc(OC)cc2)NC(=O)[C@@H](CC(=O)OCC2c3ccccc3-c3ccccc32)[C@@H](C)OC(C)(C)C)cc1)C(=O)CCC(=O)OC.C=CCCCN(Cc1ccc(CCCC(=O)[C@]2(C)CCCN2C(=O)[C@H](Cc2ccc(OC)cc2)NC(=O)[C@@H](N)[C@@H](C)OC(C)(C)C)cc1)C(=O)CCC(=O)OC.CC#N. The van der Waals surface area contributed by atoms with Crippen molar-refractivity contribution in [2.24, 2.45) is 11.7 Å². The van der Waals surface area contributed by atoms with E-state index < -0.39 is 88.3 Å². The third-order valence-electron chi connectivity index (χ3n) is 25.7. The van der Waals surface area contributed by atoms with Gasteiger partial charge in [0.15, 0.2) is 11.6 Å². The monoisotopic (exact) mass is 1900 g/mol. The highest BCUT2D eigenvalue weighted by molar-refractivity contribution is 5.98. The van der Waals surface area contributed by atoms with E-state index in [2.05, 4.69) is 53.4 Å². The van der Waals surface area contributed by atoms with Crippen LogP contribution < -0.4 is 31.2 Å². The van der Waals surface area contributed by atoms with E-state index in [-0.39, 0.29) is 106 Å². The number of nitriles is 1. The van der Waals surface area contributed by atoms with Crippen LogP contribution in [0.2, 0.25) is 0 Å². The van der Waals surface area contributed by atoms with Crippen molar-refractivity contribution >= 4 is 64.9 Å². The Labute approximate surface area is 819 Å². The van der Waals surface area contributed by atoms with Gasteiger partial charge in [0.05, 0.1) is 94.2 Å². The minimum atomic E-state index is -1.09. The van der Waals surface area contributed by atoms with Crippen LogP contribution in [0.5, 0.6) is 11.5 Å². The predicted octanol–water partition coefficient (Wildman–Crippen LogP) is 16.3. The Balaban J connectivity index is 0.000000354. The van der Waals surface area contributed by atoms with Crippen LogP contribution in [-0.4, -0.2) is 211 Å². The van der Waals surface area contributed by atoms with Gasteiger partial charge < -0.3 is 74.4 Å². The molecule has 6 aromatic rings. The number of hydrogen-bond acceptors (Lipinski definition) is 21. The minimum absolute atomic E-state index is 0.0148. The van der Waals surface area contributed by atoms with Gasteiger partial charge in [-0.1, -0.05) is 140 Å². The Morgan fingerprint density at radius 2 is 0.899 bits per heavy atom. The van der Waals surface area contributed by atoms with Crippen LogP contribution in [0.25, 0.3) is 11.1 Å². The molecule has 3 aliphatic heterocycles. The first-order valence-corrected chi connectivity index (χ1v) is 49.0. The number of carbonyl (C=O) groups excluding carboxylic acids is 11. The number of piperidine rings is 1. The average molecular weight is 1900 g/mol. The highest BCUT2D eigenvalue weighted by atomic mass is 16.5. The molecule has 0 bridgehead atoms. The summed E-state index contributed by atoms with van der Waals surface area (Å²) in [7, 11) is 5.77. The van der Waals surface area contributed by atoms with E-state index in [0.717, 1.165) is 81.3 Å². The van der Waals surface area contributed by atoms with Crippen LogP contribution in [0.3, 0.4) is 0 Å². The molecule has 750 valence electrons. The second kappa shape index (κ2) is 57.0. The van der Waals surface area contributed by atoms with Crippen LogP contribution in [0.4, 0.5) is 0 Å². The Hall–Kier alpha value is -11.7. The van der Waals surface area contributed by atoms with E-state index >= 15 is 0 Å². The molecule has 10 rings (SSSR count). The summed E-state index contributed by atoms with van der Waals surface area (Å²) in [5.41, 5.74) is 13.0. The number of nitrogens with two attached hydrogens (primary N) is 1. The standard InChI is InChI=1S/C60H75N3O10.C44H64N4O8.C5H11N.C2H3N/c1-9-10-15-35-62(54(65)32-33-55(66)71-8)39-44-26-24-42(25-27-44)18-16-23-53(64)60(6)34-17-36-63(60)58(69)52(37-43-28-30-45(70-7)31-29-43)61-57(68)50(41(2)73-59(3,4)5)38-56(67)72-40-51-48-21-13-11-19-46(48)47-20-12-14-22-49(47)51;1-9-10-11-27-47(38(50)24-25-39(51)55-8)30-34-18-16-32(17-19-34)14-12-15-37(49)44(6)26-13-28-48(44)42(53)36(29-33-20-22-35(54-7)23-21-33)46-41(52)40(45)31(2)56-43(3,4)5;1-2-4-6-5-3-1;1-2-3/h9,11-14,19-22,24-31,41,50-52H,1,10,15-18,23,32-40H2,2-8H3,(H,61,68);9,16-23,31,36,40H,1,10-15,24-30,45H2,2-8H3,(H,46,52);6H,1-5H2;1H3/t41-,50+,52+,60+;31-,36+,40+,44+;;/m11../s1. The van der Waals surface area contributed by atoms with Gasteiger partial charge in [0.25, 0.3) is 0 Å². The second-order valence-corrected chi connectivity index (χ2v) is 38.4. The highest BCUT2D eigenvalue weighted by Crippen LogP contribution is 2.45. The second-order valence-electron chi connectivity index (χ2n) is 38.4. The van der Waals surface area contributed by atoms with E-state index in [9.17, 15) is 52.7 Å². The Kier molecular flexibility index (Phi) is 46.8. The van der Waals surface area contributed by atoms with Gasteiger partial charge in [0.1, 0.15) is 36.2 Å².